The van der Waals surface area contributed by atoms with E-state index in [0.29, 0.717) is 29.2 Å². The molecule has 0 radical (unpaired) electrons. The molecule has 28 heavy (non-hydrogen) atoms. The number of halogens is 3. The van der Waals surface area contributed by atoms with E-state index in [-0.39, 0.29) is 24.6 Å². The van der Waals surface area contributed by atoms with Crippen LogP contribution in [0.25, 0.3) is 0 Å². The summed E-state index contributed by atoms with van der Waals surface area (Å²) >= 11 is 0. The SMILES string of the molecule is CC(C)COc1ccc(C#N)cc1C(=O)N1Cc2cc(C(F)(F)F)cnc2C1. The van der Waals surface area contributed by atoms with Crippen molar-refractivity contribution in [2.45, 2.75) is 33.1 Å². The summed E-state index contributed by atoms with van der Waals surface area (Å²) in [5, 5.41) is 9.13. The number of carbonyl (C=O) groups excluding carboxylic acids is 1. The van der Waals surface area contributed by atoms with Crippen LogP contribution >= 0.6 is 0 Å². The molecule has 5 nitrogen and oxygen atoms in total. The molecule has 2 heterocycles. The van der Waals surface area contributed by atoms with Gasteiger partial charge < -0.3 is 9.64 Å². The van der Waals surface area contributed by atoms with Gasteiger partial charge in [0.1, 0.15) is 5.75 Å². The Kier molecular flexibility index (Phi) is 5.27. The number of amides is 1. The summed E-state index contributed by atoms with van der Waals surface area (Å²) in [6.45, 7) is 4.44. The van der Waals surface area contributed by atoms with Gasteiger partial charge in [-0.05, 0) is 35.7 Å². The standard InChI is InChI=1S/C20H18F3N3O2/c1-12(2)11-28-18-4-3-13(7-24)5-16(18)19(27)26-9-14-6-15(20(21,22)23)8-25-17(14)10-26/h3-6,8,12H,9-11H2,1-2H3. The lowest BCUT2D eigenvalue weighted by molar-refractivity contribution is -0.137. The second-order valence-corrected chi connectivity index (χ2v) is 7.02. The lowest BCUT2D eigenvalue weighted by Crippen LogP contribution is -2.26. The summed E-state index contributed by atoms with van der Waals surface area (Å²) in [5.41, 5.74) is 0.470. The monoisotopic (exact) mass is 389 g/mol. The Morgan fingerprint density at radius 3 is 2.71 bits per heavy atom. The summed E-state index contributed by atoms with van der Waals surface area (Å²) in [6.07, 6.45) is -3.71. The number of alkyl halides is 3. The average Bonchev–Trinajstić information content (AvgIpc) is 3.08. The fourth-order valence-corrected chi connectivity index (χ4v) is 2.88. The van der Waals surface area contributed by atoms with Crippen LogP contribution in [0.5, 0.6) is 5.75 Å². The quantitative estimate of drug-likeness (QED) is 0.788. The number of ether oxygens (including phenoxy) is 1. The van der Waals surface area contributed by atoms with Gasteiger partial charge in [-0.3, -0.25) is 9.78 Å². The predicted octanol–water partition coefficient (Wildman–Crippen LogP) is 4.16. The van der Waals surface area contributed by atoms with E-state index in [1.165, 1.54) is 11.0 Å². The highest BCUT2D eigenvalue weighted by atomic mass is 19.4. The Morgan fingerprint density at radius 1 is 1.32 bits per heavy atom. The van der Waals surface area contributed by atoms with Crippen molar-refractivity contribution in [2.24, 2.45) is 5.92 Å². The second kappa shape index (κ2) is 7.50. The number of rotatable bonds is 4. The van der Waals surface area contributed by atoms with Crippen molar-refractivity contribution in [3.63, 3.8) is 0 Å². The Balaban J connectivity index is 1.87. The third-order valence-electron chi connectivity index (χ3n) is 4.29. The molecular weight excluding hydrogens is 371 g/mol. The van der Waals surface area contributed by atoms with E-state index in [9.17, 15) is 18.0 Å². The van der Waals surface area contributed by atoms with E-state index >= 15 is 0 Å². The molecule has 0 aliphatic carbocycles. The van der Waals surface area contributed by atoms with Gasteiger partial charge in [0.15, 0.2) is 0 Å². The molecule has 0 saturated heterocycles. The van der Waals surface area contributed by atoms with E-state index in [1.807, 2.05) is 19.9 Å². The van der Waals surface area contributed by atoms with Crippen LogP contribution in [-0.2, 0) is 19.3 Å². The minimum atomic E-state index is -4.49. The van der Waals surface area contributed by atoms with Gasteiger partial charge in [0.25, 0.3) is 5.91 Å². The highest BCUT2D eigenvalue weighted by molar-refractivity contribution is 5.97. The Labute approximate surface area is 160 Å². The first kappa shape index (κ1) is 19.7. The maximum Gasteiger partial charge on any atom is 0.417 e. The molecule has 1 aromatic heterocycles. The molecule has 0 fully saturated rings. The molecular formula is C20H18F3N3O2. The zero-order valence-electron chi connectivity index (χ0n) is 15.4. The molecule has 1 aliphatic heterocycles. The number of hydrogen-bond acceptors (Lipinski definition) is 4. The molecule has 8 heteroatoms. The lowest BCUT2D eigenvalue weighted by atomic mass is 10.1. The Hall–Kier alpha value is -3.08. The lowest BCUT2D eigenvalue weighted by Gasteiger charge is -2.18. The first-order valence-corrected chi connectivity index (χ1v) is 8.70. The van der Waals surface area contributed by atoms with E-state index in [2.05, 4.69) is 4.98 Å². The third kappa shape index (κ3) is 4.09. The van der Waals surface area contributed by atoms with Crippen molar-refractivity contribution in [3.05, 3.63) is 58.4 Å². The second-order valence-electron chi connectivity index (χ2n) is 7.02. The van der Waals surface area contributed by atoms with Crippen LogP contribution in [0.3, 0.4) is 0 Å². The summed E-state index contributed by atoms with van der Waals surface area (Å²) in [5.74, 6) is 0.166. The molecule has 1 amide bonds. The fraction of sp³-hybridized carbons (Fsp3) is 0.350. The summed E-state index contributed by atoms with van der Waals surface area (Å²) < 4.78 is 44.4. The number of benzene rings is 1. The largest absolute Gasteiger partial charge is 0.492 e. The van der Waals surface area contributed by atoms with E-state index in [0.717, 1.165) is 12.3 Å². The number of pyridine rings is 1. The number of aromatic nitrogens is 1. The van der Waals surface area contributed by atoms with Crippen LogP contribution in [0.1, 0.15) is 46.6 Å². The zero-order valence-corrected chi connectivity index (χ0v) is 15.4. The summed E-state index contributed by atoms with van der Waals surface area (Å²) in [4.78, 5) is 18.3. The number of carbonyl (C=O) groups is 1. The van der Waals surface area contributed by atoms with Gasteiger partial charge in [0.05, 0.1) is 41.6 Å². The zero-order chi connectivity index (χ0) is 20.5. The molecule has 0 bridgehead atoms. The molecule has 1 aliphatic rings. The van der Waals surface area contributed by atoms with Gasteiger partial charge in [0.2, 0.25) is 0 Å². The van der Waals surface area contributed by atoms with Crippen molar-refractivity contribution in [1.82, 2.24) is 9.88 Å². The molecule has 0 atom stereocenters. The maximum absolute atomic E-state index is 13.0. The van der Waals surface area contributed by atoms with Crippen molar-refractivity contribution < 1.29 is 22.7 Å². The molecule has 146 valence electrons. The smallest absolute Gasteiger partial charge is 0.417 e. The van der Waals surface area contributed by atoms with Crippen LogP contribution < -0.4 is 4.74 Å². The molecule has 0 spiro atoms. The molecule has 0 N–H and O–H groups in total. The number of nitrogens with zero attached hydrogens (tertiary/aromatic N) is 3. The van der Waals surface area contributed by atoms with Crippen molar-refractivity contribution >= 4 is 5.91 Å². The van der Waals surface area contributed by atoms with Gasteiger partial charge in [-0.25, -0.2) is 0 Å². The molecule has 1 aromatic carbocycles. The van der Waals surface area contributed by atoms with Crippen LogP contribution in [0.4, 0.5) is 13.2 Å². The molecule has 2 aromatic rings. The van der Waals surface area contributed by atoms with Crippen LogP contribution in [0.15, 0.2) is 30.5 Å². The van der Waals surface area contributed by atoms with E-state index in [4.69, 9.17) is 10.00 Å². The number of nitriles is 1. The van der Waals surface area contributed by atoms with Gasteiger partial charge in [0, 0.05) is 12.7 Å². The highest BCUT2D eigenvalue weighted by Crippen LogP contribution is 2.33. The first-order chi connectivity index (χ1) is 13.2. The van der Waals surface area contributed by atoms with Gasteiger partial charge >= 0.3 is 6.18 Å². The maximum atomic E-state index is 13.0. The number of fused-ring (bicyclic) bond motifs is 1. The minimum absolute atomic E-state index is 0.0193. The average molecular weight is 389 g/mol. The molecule has 0 saturated carbocycles. The van der Waals surface area contributed by atoms with Gasteiger partial charge in [-0.15, -0.1) is 0 Å². The predicted molar refractivity (Wildman–Crippen MR) is 94.3 cm³/mol. The van der Waals surface area contributed by atoms with Gasteiger partial charge in [-0.1, -0.05) is 13.8 Å². The van der Waals surface area contributed by atoms with Crippen LogP contribution in [0, 0.1) is 17.2 Å². The van der Waals surface area contributed by atoms with Crippen molar-refractivity contribution in [2.75, 3.05) is 6.61 Å². The topological polar surface area (TPSA) is 66.2 Å². The van der Waals surface area contributed by atoms with Gasteiger partial charge in [-0.2, -0.15) is 18.4 Å². The normalized spacial score (nSPS) is 13.4. The van der Waals surface area contributed by atoms with Crippen molar-refractivity contribution in [1.29, 1.82) is 5.26 Å². The highest BCUT2D eigenvalue weighted by Gasteiger charge is 2.34. The van der Waals surface area contributed by atoms with Crippen LogP contribution in [-0.4, -0.2) is 22.4 Å². The summed E-state index contributed by atoms with van der Waals surface area (Å²) in [7, 11) is 0. The Morgan fingerprint density at radius 2 is 2.07 bits per heavy atom. The van der Waals surface area contributed by atoms with Crippen molar-refractivity contribution in [3.8, 4) is 11.8 Å². The molecule has 3 rings (SSSR count). The van der Waals surface area contributed by atoms with E-state index < -0.39 is 17.6 Å². The molecule has 0 unspecified atom stereocenters. The van der Waals surface area contributed by atoms with Crippen LogP contribution in [0.2, 0.25) is 0 Å². The summed E-state index contributed by atoms with van der Waals surface area (Å²) in [6, 6.07) is 7.57. The minimum Gasteiger partial charge on any atom is -0.492 e. The Bertz CT molecular complexity index is 949. The van der Waals surface area contributed by atoms with E-state index in [1.54, 1.807) is 12.1 Å². The fourth-order valence-electron chi connectivity index (χ4n) is 2.88. The third-order valence-corrected chi connectivity index (χ3v) is 4.29. The first-order valence-electron chi connectivity index (χ1n) is 8.70. The number of hydrogen-bond donors (Lipinski definition) is 0.